The van der Waals surface area contributed by atoms with Crippen LogP contribution < -0.4 is 16.6 Å². The number of H-pyrrole nitrogens is 1. The number of nitrogens with zero attached hydrogens (tertiary/aromatic N) is 2. The molecule has 3 unspecified atom stereocenters. The Labute approximate surface area is 163 Å². The van der Waals surface area contributed by atoms with Gasteiger partial charge in [-0.2, -0.15) is 0 Å². The Morgan fingerprint density at radius 3 is 2.71 bits per heavy atom. The summed E-state index contributed by atoms with van der Waals surface area (Å²) in [7, 11) is 0. The van der Waals surface area contributed by atoms with Crippen LogP contribution in [-0.2, 0) is 6.54 Å². The highest BCUT2D eigenvalue weighted by Gasteiger charge is 2.61. The van der Waals surface area contributed by atoms with Crippen LogP contribution in [0.2, 0.25) is 0 Å². The lowest BCUT2D eigenvalue weighted by Crippen LogP contribution is -2.46. The number of carbonyl (C=O) groups excluding carboxylic acids is 1. The van der Waals surface area contributed by atoms with Crippen LogP contribution in [0.1, 0.15) is 63.7 Å². The van der Waals surface area contributed by atoms with Crippen molar-refractivity contribution < 1.29 is 4.79 Å². The van der Waals surface area contributed by atoms with Crippen LogP contribution in [-0.4, -0.2) is 26.5 Å². The average molecular weight is 384 g/mol. The van der Waals surface area contributed by atoms with Crippen LogP contribution in [0.5, 0.6) is 0 Å². The molecule has 2 fully saturated rings. The molecular weight excluding hydrogens is 356 g/mol. The number of aromatic nitrogens is 3. The number of rotatable bonds is 4. The van der Waals surface area contributed by atoms with E-state index in [0.29, 0.717) is 23.7 Å². The maximum Gasteiger partial charge on any atom is 0.329 e. The van der Waals surface area contributed by atoms with Crippen molar-refractivity contribution in [2.24, 2.45) is 16.7 Å². The summed E-state index contributed by atoms with van der Waals surface area (Å²) in [6.45, 7) is 9.30. The Kier molecular flexibility index (Phi) is 4.25. The molecule has 2 aliphatic carbocycles. The number of hydrogen-bond donors (Lipinski definition) is 2. The molecule has 7 heteroatoms. The van der Waals surface area contributed by atoms with Gasteiger partial charge in [0.05, 0.1) is 10.9 Å². The van der Waals surface area contributed by atoms with Crippen LogP contribution in [0, 0.1) is 16.7 Å². The maximum atomic E-state index is 12.9. The fourth-order valence-corrected chi connectivity index (χ4v) is 5.39. The largest absolute Gasteiger partial charge is 0.349 e. The van der Waals surface area contributed by atoms with Gasteiger partial charge in [-0.1, -0.05) is 27.7 Å². The fourth-order valence-electron chi connectivity index (χ4n) is 5.39. The number of aromatic amines is 1. The summed E-state index contributed by atoms with van der Waals surface area (Å²) in [5.41, 5.74) is -0.0239. The van der Waals surface area contributed by atoms with Gasteiger partial charge in [-0.25, -0.2) is 9.78 Å². The molecule has 2 aromatic heterocycles. The molecule has 0 aromatic carbocycles. The van der Waals surface area contributed by atoms with Crippen molar-refractivity contribution in [1.29, 1.82) is 0 Å². The molecule has 0 aliphatic heterocycles. The van der Waals surface area contributed by atoms with Crippen molar-refractivity contribution in [3.8, 4) is 0 Å². The monoisotopic (exact) mass is 384 g/mol. The topological polar surface area (TPSA) is 96.9 Å². The predicted molar refractivity (Wildman–Crippen MR) is 107 cm³/mol. The van der Waals surface area contributed by atoms with E-state index in [2.05, 4.69) is 36.1 Å². The zero-order valence-corrected chi connectivity index (χ0v) is 17.0. The van der Waals surface area contributed by atoms with Gasteiger partial charge < -0.3 is 5.32 Å². The van der Waals surface area contributed by atoms with Crippen molar-refractivity contribution in [1.82, 2.24) is 19.9 Å². The number of fused-ring (bicyclic) bond motifs is 3. The number of aryl methyl sites for hydroxylation is 1. The lowest BCUT2D eigenvalue weighted by Gasteiger charge is -2.39. The maximum absolute atomic E-state index is 12.9. The molecule has 150 valence electrons. The summed E-state index contributed by atoms with van der Waals surface area (Å²) < 4.78 is 1.44. The Morgan fingerprint density at radius 2 is 2.11 bits per heavy atom. The van der Waals surface area contributed by atoms with E-state index in [1.54, 1.807) is 6.07 Å². The molecular formula is C21H28N4O3. The third-order valence-electron chi connectivity index (χ3n) is 7.64. The minimum atomic E-state index is -0.512. The van der Waals surface area contributed by atoms with Gasteiger partial charge in [0, 0.05) is 18.8 Å². The van der Waals surface area contributed by atoms with E-state index in [-0.39, 0.29) is 28.2 Å². The first-order valence-electron chi connectivity index (χ1n) is 10.1. The van der Waals surface area contributed by atoms with Crippen molar-refractivity contribution in [2.45, 2.75) is 66.0 Å². The SMILES string of the molecule is CCCn1c(=O)[nH]c(=O)c2cc(C(=O)NC3CC4CCC3(C)C4(C)C)cnc21. The van der Waals surface area contributed by atoms with Gasteiger partial charge in [0.2, 0.25) is 0 Å². The summed E-state index contributed by atoms with van der Waals surface area (Å²) >= 11 is 0. The van der Waals surface area contributed by atoms with Crippen molar-refractivity contribution in [2.75, 3.05) is 0 Å². The molecule has 2 saturated carbocycles. The molecule has 0 spiro atoms. The Bertz CT molecular complexity index is 1070. The molecule has 4 rings (SSSR count). The van der Waals surface area contributed by atoms with E-state index >= 15 is 0 Å². The number of amides is 1. The van der Waals surface area contributed by atoms with E-state index in [1.165, 1.54) is 17.2 Å². The second-order valence-electron chi connectivity index (χ2n) is 9.14. The Hall–Kier alpha value is -2.44. The molecule has 7 nitrogen and oxygen atoms in total. The van der Waals surface area contributed by atoms with Gasteiger partial charge >= 0.3 is 5.69 Å². The van der Waals surface area contributed by atoms with Crippen LogP contribution >= 0.6 is 0 Å². The van der Waals surface area contributed by atoms with E-state index in [9.17, 15) is 14.4 Å². The molecule has 2 bridgehead atoms. The predicted octanol–water partition coefficient (Wildman–Crippen LogP) is 2.44. The zero-order chi connectivity index (χ0) is 20.3. The van der Waals surface area contributed by atoms with Gasteiger partial charge in [0.1, 0.15) is 5.65 Å². The smallest absolute Gasteiger partial charge is 0.329 e. The lowest BCUT2D eigenvalue weighted by molar-refractivity contribution is 0.0826. The van der Waals surface area contributed by atoms with Crippen LogP contribution in [0.15, 0.2) is 21.9 Å². The first-order valence-corrected chi connectivity index (χ1v) is 10.1. The second-order valence-corrected chi connectivity index (χ2v) is 9.14. The number of pyridine rings is 1. The average Bonchev–Trinajstić information content (AvgIpc) is 2.98. The standard InChI is InChI=1S/C21H28N4O3/c1-5-8-25-16-14(18(27)24-19(25)28)9-12(11-22-16)17(26)23-15-10-13-6-7-21(15,4)20(13,2)3/h9,11,13,15H,5-8,10H2,1-4H3,(H,23,26)(H,24,27,28). The van der Waals surface area contributed by atoms with Crippen LogP contribution in [0.25, 0.3) is 11.0 Å². The van der Waals surface area contributed by atoms with Crippen molar-refractivity contribution >= 4 is 16.9 Å². The van der Waals surface area contributed by atoms with E-state index in [4.69, 9.17) is 0 Å². The molecule has 28 heavy (non-hydrogen) atoms. The normalized spacial score (nSPS) is 28.0. The Balaban J connectivity index is 1.66. The molecule has 0 radical (unpaired) electrons. The molecule has 2 N–H and O–H groups in total. The molecule has 3 atom stereocenters. The molecule has 2 aliphatic rings. The minimum absolute atomic E-state index is 0.0800. The van der Waals surface area contributed by atoms with Gasteiger partial charge in [0.25, 0.3) is 11.5 Å². The van der Waals surface area contributed by atoms with Crippen LogP contribution in [0.3, 0.4) is 0 Å². The van der Waals surface area contributed by atoms with E-state index < -0.39 is 11.2 Å². The second kappa shape index (κ2) is 6.29. The van der Waals surface area contributed by atoms with E-state index in [0.717, 1.165) is 19.3 Å². The quantitative estimate of drug-likeness (QED) is 0.846. The van der Waals surface area contributed by atoms with Gasteiger partial charge in [-0.05, 0) is 48.5 Å². The number of hydrogen-bond acceptors (Lipinski definition) is 4. The molecule has 2 aromatic rings. The molecule has 0 saturated heterocycles. The van der Waals surface area contributed by atoms with Crippen LogP contribution in [0.4, 0.5) is 0 Å². The number of nitrogens with one attached hydrogen (secondary N) is 2. The molecule has 2 heterocycles. The summed E-state index contributed by atoms with van der Waals surface area (Å²) in [6.07, 6.45) is 5.53. The summed E-state index contributed by atoms with van der Waals surface area (Å²) in [5.74, 6) is 0.417. The number of carbonyl (C=O) groups is 1. The first-order chi connectivity index (χ1) is 13.2. The third kappa shape index (κ3) is 2.55. The summed E-state index contributed by atoms with van der Waals surface area (Å²) in [5, 5.41) is 3.46. The fraction of sp³-hybridized carbons (Fsp3) is 0.619. The highest BCUT2D eigenvalue weighted by atomic mass is 16.2. The van der Waals surface area contributed by atoms with Crippen molar-refractivity contribution in [3.05, 3.63) is 38.7 Å². The highest BCUT2D eigenvalue weighted by molar-refractivity contribution is 5.97. The highest BCUT2D eigenvalue weighted by Crippen LogP contribution is 2.65. The van der Waals surface area contributed by atoms with Gasteiger partial charge in [0.15, 0.2) is 0 Å². The van der Waals surface area contributed by atoms with Gasteiger partial charge in [-0.3, -0.25) is 19.1 Å². The van der Waals surface area contributed by atoms with Gasteiger partial charge in [-0.15, -0.1) is 0 Å². The lowest BCUT2D eigenvalue weighted by atomic mass is 9.69. The van der Waals surface area contributed by atoms with E-state index in [1.807, 2.05) is 6.92 Å². The minimum Gasteiger partial charge on any atom is -0.349 e. The third-order valence-corrected chi connectivity index (χ3v) is 7.64. The zero-order valence-electron chi connectivity index (χ0n) is 17.0. The molecule has 1 amide bonds. The Morgan fingerprint density at radius 1 is 1.36 bits per heavy atom. The summed E-state index contributed by atoms with van der Waals surface area (Å²) in [6, 6.07) is 1.67. The first kappa shape index (κ1) is 18.9. The van der Waals surface area contributed by atoms with Crippen molar-refractivity contribution in [3.63, 3.8) is 0 Å². The summed E-state index contributed by atoms with van der Waals surface area (Å²) in [4.78, 5) is 43.9.